The molecule has 0 spiro atoms. The summed E-state index contributed by atoms with van der Waals surface area (Å²) in [6, 6.07) is 24.3. The van der Waals surface area contributed by atoms with Crippen LogP contribution in [-0.2, 0) is 14.3 Å². The summed E-state index contributed by atoms with van der Waals surface area (Å²) in [6.07, 6.45) is -5.13. The zero-order valence-corrected chi connectivity index (χ0v) is 27.3. The summed E-state index contributed by atoms with van der Waals surface area (Å²) < 4.78 is 4.90. The Bertz CT molecular complexity index is 1360. The first-order valence-corrected chi connectivity index (χ1v) is 15.2. The van der Waals surface area contributed by atoms with Crippen molar-refractivity contribution < 1.29 is 39.5 Å². The molecule has 0 fully saturated rings. The third-order valence-electron chi connectivity index (χ3n) is 5.92. The molecule has 3 aromatic carbocycles. The zero-order chi connectivity index (χ0) is 33.7. The molecule has 13 heteroatoms. The van der Waals surface area contributed by atoms with Gasteiger partial charge in [-0.15, -0.1) is 0 Å². The van der Waals surface area contributed by atoms with Gasteiger partial charge in [-0.05, 0) is 76.3 Å². The van der Waals surface area contributed by atoms with Crippen molar-refractivity contribution in [3.05, 3.63) is 77.8 Å². The highest BCUT2D eigenvalue weighted by Crippen LogP contribution is 2.48. The molecule has 1 heterocycles. The van der Waals surface area contributed by atoms with Crippen molar-refractivity contribution in [2.24, 2.45) is 5.92 Å². The lowest BCUT2D eigenvalue weighted by Crippen LogP contribution is -2.39. The van der Waals surface area contributed by atoms with Crippen LogP contribution in [0.5, 0.6) is 0 Å². The second kappa shape index (κ2) is 18.2. The van der Waals surface area contributed by atoms with Crippen LogP contribution in [0.25, 0.3) is 0 Å². The number of rotatable bonds is 9. The number of aliphatic hydroxyl groups excluding tert-OH is 2. The van der Waals surface area contributed by atoms with Gasteiger partial charge in [0.2, 0.25) is 0 Å². The summed E-state index contributed by atoms with van der Waals surface area (Å²) >= 11 is 7.62. The maximum Gasteiger partial charge on any atom is 0.411 e. The Morgan fingerprint density at radius 3 is 1.82 bits per heavy atom. The van der Waals surface area contributed by atoms with Gasteiger partial charge in [0.25, 0.3) is 0 Å². The standard InChI is InChI=1S/C18H22N2S.C10H12ClNO2.C4H6O6/c1-14(12-19(2)3)13-20-15-8-4-6-10-17(15)21-18-11-7-5-9-16(18)20;1-7(2)14-10(13)12-9-5-3-4-8(11)6-9;5-1(3(7)8)2(6)4(9)10/h4-11,14H,12-13H2,1-3H3;3-7H,1-2H3,(H,12,13);1-2,5-6H,(H,7,8)(H,9,10). The van der Waals surface area contributed by atoms with Crippen LogP contribution in [0.1, 0.15) is 20.8 Å². The summed E-state index contributed by atoms with van der Waals surface area (Å²) in [4.78, 5) is 38.2. The van der Waals surface area contributed by atoms with Crippen molar-refractivity contribution in [2.75, 3.05) is 37.4 Å². The van der Waals surface area contributed by atoms with E-state index < -0.39 is 30.2 Å². The second-order valence-electron chi connectivity index (χ2n) is 10.7. The van der Waals surface area contributed by atoms with Crippen molar-refractivity contribution in [2.45, 2.75) is 48.9 Å². The number of aliphatic hydroxyl groups is 2. The number of para-hydroxylation sites is 2. The van der Waals surface area contributed by atoms with Crippen LogP contribution < -0.4 is 10.2 Å². The molecule has 45 heavy (non-hydrogen) atoms. The second-order valence-corrected chi connectivity index (χ2v) is 12.2. The van der Waals surface area contributed by atoms with Gasteiger partial charge in [0, 0.05) is 33.6 Å². The maximum absolute atomic E-state index is 11.2. The molecule has 0 bridgehead atoms. The smallest absolute Gasteiger partial charge is 0.411 e. The highest BCUT2D eigenvalue weighted by Gasteiger charge is 2.29. The van der Waals surface area contributed by atoms with Gasteiger partial charge in [0.15, 0.2) is 12.2 Å². The van der Waals surface area contributed by atoms with Gasteiger partial charge in [-0.25, -0.2) is 14.4 Å². The number of carbonyl (C=O) groups excluding carboxylic acids is 1. The molecular weight excluding hydrogens is 622 g/mol. The molecular formula is C32H40ClN3O8S. The molecule has 1 aliphatic heterocycles. The number of fused-ring (bicyclic) bond motifs is 2. The number of nitrogens with zero attached hydrogens (tertiary/aromatic N) is 2. The number of carbonyl (C=O) groups is 3. The van der Waals surface area contributed by atoms with Crippen LogP contribution in [0.2, 0.25) is 5.02 Å². The minimum absolute atomic E-state index is 0.130. The predicted octanol–water partition coefficient (Wildman–Crippen LogP) is 5.66. The molecule has 0 aliphatic carbocycles. The number of carboxylic acid groups (broad SMARTS) is 2. The number of nitrogens with one attached hydrogen (secondary N) is 1. The Morgan fingerprint density at radius 2 is 1.38 bits per heavy atom. The number of hydrogen-bond donors (Lipinski definition) is 5. The molecule has 0 aromatic heterocycles. The quantitative estimate of drug-likeness (QED) is 0.192. The molecule has 5 N–H and O–H groups in total. The number of benzene rings is 3. The van der Waals surface area contributed by atoms with Crippen molar-refractivity contribution in [3.8, 4) is 0 Å². The van der Waals surface area contributed by atoms with E-state index in [0.717, 1.165) is 13.1 Å². The zero-order valence-electron chi connectivity index (χ0n) is 25.8. The Morgan fingerprint density at radius 1 is 0.867 bits per heavy atom. The van der Waals surface area contributed by atoms with E-state index in [-0.39, 0.29) is 6.10 Å². The highest BCUT2D eigenvalue weighted by molar-refractivity contribution is 7.99. The van der Waals surface area contributed by atoms with Gasteiger partial charge < -0.3 is 35.0 Å². The molecule has 1 amide bonds. The number of hydrogen-bond acceptors (Lipinski definition) is 9. The monoisotopic (exact) mass is 661 g/mol. The molecule has 0 radical (unpaired) electrons. The Hall–Kier alpha value is -3.81. The number of ether oxygens (including phenoxy) is 1. The van der Waals surface area contributed by atoms with Gasteiger partial charge >= 0.3 is 18.0 Å². The van der Waals surface area contributed by atoms with E-state index >= 15 is 0 Å². The molecule has 1 aliphatic rings. The molecule has 3 unspecified atom stereocenters. The predicted molar refractivity (Wildman–Crippen MR) is 176 cm³/mol. The van der Waals surface area contributed by atoms with E-state index in [9.17, 15) is 14.4 Å². The summed E-state index contributed by atoms with van der Waals surface area (Å²) in [7, 11) is 4.29. The summed E-state index contributed by atoms with van der Waals surface area (Å²) in [6.45, 7) is 8.06. The molecule has 11 nitrogen and oxygen atoms in total. The lowest BCUT2D eigenvalue weighted by molar-refractivity contribution is -0.165. The van der Waals surface area contributed by atoms with E-state index in [0.29, 0.717) is 16.6 Å². The van der Waals surface area contributed by atoms with Crippen LogP contribution in [0, 0.1) is 5.92 Å². The van der Waals surface area contributed by atoms with Crippen LogP contribution in [0.4, 0.5) is 21.9 Å². The molecule has 0 saturated heterocycles. The van der Waals surface area contributed by atoms with E-state index in [1.165, 1.54) is 21.2 Å². The molecule has 3 atom stereocenters. The normalized spacial score (nSPS) is 13.5. The fraction of sp³-hybridized carbons (Fsp3) is 0.344. The van der Waals surface area contributed by atoms with Gasteiger partial charge in [-0.2, -0.15) is 0 Å². The summed E-state index contributed by atoms with van der Waals surface area (Å²) in [5.41, 5.74) is 3.31. The average molecular weight is 662 g/mol. The van der Waals surface area contributed by atoms with Gasteiger partial charge in [-0.1, -0.05) is 60.6 Å². The SMILES string of the molecule is CC(C)OC(=O)Nc1cccc(Cl)c1.CC(CN(C)C)CN1c2ccccc2Sc2ccccc21.O=C(O)C(O)C(O)C(=O)O. The number of halogens is 1. The van der Waals surface area contributed by atoms with E-state index in [1.807, 2.05) is 11.8 Å². The van der Waals surface area contributed by atoms with Crippen molar-refractivity contribution in [1.29, 1.82) is 0 Å². The minimum atomic E-state index is -2.27. The van der Waals surface area contributed by atoms with E-state index in [4.69, 9.17) is 36.8 Å². The van der Waals surface area contributed by atoms with Crippen LogP contribution in [0.3, 0.4) is 0 Å². The first-order valence-electron chi connectivity index (χ1n) is 14.0. The third kappa shape index (κ3) is 12.6. The first-order chi connectivity index (χ1) is 21.2. The van der Waals surface area contributed by atoms with Gasteiger partial charge in [-0.3, -0.25) is 5.32 Å². The minimum Gasteiger partial charge on any atom is -0.479 e. The molecule has 3 aromatic rings. The summed E-state index contributed by atoms with van der Waals surface area (Å²) in [5.74, 6) is -2.92. The Kier molecular flexibility index (Phi) is 15.1. The topological polar surface area (TPSA) is 160 Å². The Balaban J connectivity index is 0.000000256. The van der Waals surface area contributed by atoms with Crippen LogP contribution >= 0.6 is 23.4 Å². The number of amides is 1. The largest absolute Gasteiger partial charge is 0.479 e. The lowest BCUT2D eigenvalue weighted by atomic mass is 10.1. The fourth-order valence-corrected chi connectivity index (χ4v) is 5.45. The highest BCUT2D eigenvalue weighted by atomic mass is 35.5. The van der Waals surface area contributed by atoms with E-state index in [1.54, 1.807) is 38.1 Å². The number of carboxylic acids is 2. The van der Waals surface area contributed by atoms with Crippen LogP contribution in [0.15, 0.2) is 82.6 Å². The van der Waals surface area contributed by atoms with Crippen molar-refractivity contribution in [3.63, 3.8) is 0 Å². The Labute approximate surface area is 272 Å². The number of aliphatic carboxylic acids is 2. The maximum atomic E-state index is 11.2. The lowest BCUT2D eigenvalue weighted by Gasteiger charge is -2.35. The molecule has 4 rings (SSSR count). The van der Waals surface area contributed by atoms with Crippen molar-refractivity contribution in [1.82, 2.24) is 4.90 Å². The van der Waals surface area contributed by atoms with Gasteiger partial charge in [0.1, 0.15) is 0 Å². The average Bonchev–Trinajstić information content (AvgIpc) is 2.96. The van der Waals surface area contributed by atoms with Gasteiger partial charge in [0.05, 0.1) is 17.5 Å². The van der Waals surface area contributed by atoms with Crippen LogP contribution in [-0.4, -0.2) is 88.9 Å². The summed E-state index contributed by atoms with van der Waals surface area (Å²) in [5, 5.41) is 35.7. The molecule has 0 saturated carbocycles. The third-order valence-corrected chi connectivity index (χ3v) is 7.29. The molecule has 244 valence electrons. The van der Waals surface area contributed by atoms with E-state index in [2.05, 4.69) is 84.7 Å². The number of anilines is 3. The van der Waals surface area contributed by atoms with Crippen molar-refractivity contribution >= 4 is 58.5 Å². The fourth-order valence-electron chi connectivity index (χ4n) is 4.17. The first kappa shape index (κ1) is 37.4.